The third kappa shape index (κ3) is 1.96. The van der Waals surface area contributed by atoms with Crippen LogP contribution >= 0.6 is 0 Å². The lowest BCUT2D eigenvalue weighted by Crippen LogP contribution is -2.32. The van der Waals surface area contributed by atoms with Gasteiger partial charge in [0.1, 0.15) is 0 Å². The maximum atomic E-state index is 12.7. The molecule has 0 radical (unpaired) electrons. The van der Waals surface area contributed by atoms with Crippen LogP contribution in [0.25, 0.3) is 0 Å². The summed E-state index contributed by atoms with van der Waals surface area (Å²) in [6.07, 6.45) is 5.07. The molecule has 23 heavy (non-hydrogen) atoms. The first-order valence-corrected chi connectivity index (χ1v) is 7.95. The van der Waals surface area contributed by atoms with Crippen molar-refractivity contribution in [1.29, 1.82) is 0 Å². The van der Waals surface area contributed by atoms with Crippen molar-refractivity contribution in [2.24, 2.45) is 23.7 Å². The van der Waals surface area contributed by atoms with Crippen LogP contribution in [0.2, 0.25) is 0 Å². The number of esters is 1. The van der Waals surface area contributed by atoms with E-state index in [1.807, 2.05) is 0 Å². The van der Waals surface area contributed by atoms with E-state index in [2.05, 4.69) is 12.2 Å². The number of hydrogen-bond acceptors (Lipinski definition) is 4. The number of nitrogens with zero attached hydrogens (tertiary/aromatic N) is 1. The highest BCUT2D eigenvalue weighted by molar-refractivity contribution is 6.22. The van der Waals surface area contributed by atoms with Gasteiger partial charge >= 0.3 is 5.97 Å². The molecule has 0 aromatic heterocycles. The van der Waals surface area contributed by atoms with Gasteiger partial charge in [0.15, 0.2) is 0 Å². The van der Waals surface area contributed by atoms with Crippen LogP contribution in [0.3, 0.4) is 0 Å². The highest BCUT2D eigenvalue weighted by atomic mass is 16.5. The zero-order valence-electron chi connectivity index (χ0n) is 12.8. The summed E-state index contributed by atoms with van der Waals surface area (Å²) >= 11 is 0. The lowest BCUT2D eigenvalue weighted by molar-refractivity contribution is -0.123. The zero-order valence-corrected chi connectivity index (χ0v) is 12.8. The molecule has 3 aliphatic rings. The van der Waals surface area contributed by atoms with Gasteiger partial charge in [0.25, 0.3) is 0 Å². The second kappa shape index (κ2) is 5.05. The topological polar surface area (TPSA) is 63.7 Å². The number of benzene rings is 1. The molecule has 0 N–H and O–H groups in total. The predicted octanol–water partition coefficient (Wildman–Crippen LogP) is 2.17. The summed E-state index contributed by atoms with van der Waals surface area (Å²) in [5.41, 5.74) is 0.943. The Balaban J connectivity index is 1.61. The molecule has 1 aromatic rings. The van der Waals surface area contributed by atoms with Gasteiger partial charge in [-0.05, 0) is 49.4 Å². The van der Waals surface area contributed by atoms with Gasteiger partial charge in [0.05, 0.1) is 29.7 Å². The Morgan fingerprint density at radius 2 is 1.65 bits per heavy atom. The Morgan fingerprint density at radius 1 is 1.09 bits per heavy atom. The zero-order chi connectivity index (χ0) is 16.1. The van der Waals surface area contributed by atoms with Crippen molar-refractivity contribution < 1.29 is 19.1 Å². The van der Waals surface area contributed by atoms with Crippen molar-refractivity contribution >= 4 is 23.5 Å². The largest absolute Gasteiger partial charge is 0.462 e. The molecular formula is C18H17NO4. The van der Waals surface area contributed by atoms with E-state index in [0.717, 1.165) is 6.42 Å². The lowest BCUT2D eigenvalue weighted by atomic mass is 9.85. The molecule has 2 amide bonds. The van der Waals surface area contributed by atoms with Gasteiger partial charge in [-0.3, -0.25) is 14.5 Å². The first-order valence-electron chi connectivity index (χ1n) is 7.95. The number of carbonyl (C=O) groups is 3. The van der Waals surface area contributed by atoms with Gasteiger partial charge in [-0.15, -0.1) is 0 Å². The van der Waals surface area contributed by atoms with Crippen LogP contribution in [0.4, 0.5) is 5.69 Å². The van der Waals surface area contributed by atoms with E-state index >= 15 is 0 Å². The minimum atomic E-state index is -0.405. The Morgan fingerprint density at radius 3 is 2.17 bits per heavy atom. The van der Waals surface area contributed by atoms with Gasteiger partial charge in [0, 0.05) is 0 Å². The predicted molar refractivity (Wildman–Crippen MR) is 82.6 cm³/mol. The maximum Gasteiger partial charge on any atom is 0.338 e. The number of fused-ring (bicyclic) bond motifs is 5. The fourth-order valence-corrected chi connectivity index (χ4v) is 4.12. The summed E-state index contributed by atoms with van der Waals surface area (Å²) in [5.74, 6) is -0.640. The van der Waals surface area contributed by atoms with Gasteiger partial charge in [0.2, 0.25) is 11.8 Å². The van der Waals surface area contributed by atoms with E-state index in [4.69, 9.17) is 4.74 Å². The number of anilines is 1. The monoisotopic (exact) mass is 311 g/mol. The molecule has 2 fully saturated rings. The summed E-state index contributed by atoms with van der Waals surface area (Å²) in [4.78, 5) is 38.3. The molecule has 1 saturated heterocycles. The van der Waals surface area contributed by atoms with Crippen LogP contribution in [0.1, 0.15) is 23.7 Å². The number of ether oxygens (including phenoxy) is 1. The molecule has 118 valence electrons. The molecule has 1 aromatic carbocycles. The summed E-state index contributed by atoms with van der Waals surface area (Å²) in [6.45, 7) is 2.05. The Bertz CT molecular complexity index is 691. The molecular weight excluding hydrogens is 294 g/mol. The fraction of sp³-hybridized carbons (Fsp3) is 0.389. The van der Waals surface area contributed by atoms with Crippen molar-refractivity contribution in [3.8, 4) is 0 Å². The van der Waals surface area contributed by atoms with Crippen LogP contribution in [0.15, 0.2) is 36.4 Å². The van der Waals surface area contributed by atoms with Crippen LogP contribution in [-0.4, -0.2) is 24.4 Å². The second-order valence-corrected chi connectivity index (χ2v) is 6.28. The van der Waals surface area contributed by atoms with Crippen molar-refractivity contribution in [2.75, 3.05) is 11.5 Å². The average Bonchev–Trinajstić information content (AvgIpc) is 3.22. The van der Waals surface area contributed by atoms with Gasteiger partial charge in [-0.1, -0.05) is 12.2 Å². The minimum Gasteiger partial charge on any atom is -0.462 e. The molecule has 2 aliphatic carbocycles. The smallest absolute Gasteiger partial charge is 0.338 e. The summed E-state index contributed by atoms with van der Waals surface area (Å²) < 4.78 is 4.94. The molecule has 2 bridgehead atoms. The number of hydrogen-bond donors (Lipinski definition) is 0. The normalized spacial score (nSPS) is 30.9. The van der Waals surface area contributed by atoms with Gasteiger partial charge < -0.3 is 4.74 Å². The van der Waals surface area contributed by atoms with E-state index < -0.39 is 5.97 Å². The third-order valence-electron chi connectivity index (χ3n) is 5.11. The number of rotatable bonds is 3. The van der Waals surface area contributed by atoms with Gasteiger partial charge in [-0.25, -0.2) is 4.79 Å². The third-order valence-corrected chi connectivity index (χ3v) is 5.11. The molecule has 1 aliphatic heterocycles. The molecule has 5 nitrogen and oxygen atoms in total. The minimum absolute atomic E-state index is 0.110. The number of carbonyl (C=O) groups excluding carboxylic acids is 3. The summed E-state index contributed by atoms with van der Waals surface area (Å²) in [5, 5.41) is 0. The van der Waals surface area contributed by atoms with Crippen LogP contribution in [-0.2, 0) is 14.3 Å². The molecule has 0 unspecified atom stereocenters. The van der Waals surface area contributed by atoms with Crippen LogP contribution in [0.5, 0.6) is 0 Å². The van der Waals surface area contributed by atoms with Crippen molar-refractivity contribution in [3.05, 3.63) is 42.0 Å². The second-order valence-electron chi connectivity index (χ2n) is 6.28. The quantitative estimate of drug-likeness (QED) is 0.487. The molecule has 1 heterocycles. The Kier molecular flexibility index (Phi) is 3.11. The first kappa shape index (κ1) is 14.2. The number of amides is 2. The molecule has 4 atom stereocenters. The highest BCUT2D eigenvalue weighted by Gasteiger charge is 2.59. The SMILES string of the molecule is CCOC(=O)c1ccc(N2C(=O)[C@@H]3[C@H](C2=O)[C@H]2C=C[C@H]3C2)cc1. The average molecular weight is 311 g/mol. The lowest BCUT2D eigenvalue weighted by Gasteiger charge is -2.17. The highest BCUT2D eigenvalue weighted by Crippen LogP contribution is 2.53. The van der Waals surface area contributed by atoms with Crippen molar-refractivity contribution in [3.63, 3.8) is 0 Å². The Labute approximate surface area is 133 Å². The van der Waals surface area contributed by atoms with E-state index in [1.54, 1.807) is 31.2 Å². The van der Waals surface area contributed by atoms with E-state index in [9.17, 15) is 14.4 Å². The van der Waals surface area contributed by atoms with Crippen molar-refractivity contribution in [1.82, 2.24) is 0 Å². The van der Waals surface area contributed by atoms with Crippen LogP contribution in [0, 0.1) is 23.7 Å². The molecule has 0 spiro atoms. The van der Waals surface area contributed by atoms with Crippen LogP contribution < -0.4 is 4.90 Å². The molecule has 4 rings (SSSR count). The number of imide groups is 1. The summed E-state index contributed by atoms with van der Waals surface area (Å²) in [7, 11) is 0. The van der Waals surface area contributed by atoms with Crippen molar-refractivity contribution in [2.45, 2.75) is 13.3 Å². The van der Waals surface area contributed by atoms with Gasteiger partial charge in [-0.2, -0.15) is 0 Å². The Hall–Kier alpha value is -2.43. The fourth-order valence-electron chi connectivity index (χ4n) is 4.12. The number of allylic oxidation sites excluding steroid dienone is 2. The standard InChI is InChI=1S/C18H17NO4/c1-2-23-18(22)10-5-7-13(8-6-10)19-16(20)14-11-3-4-12(9-11)15(14)17(19)21/h3-8,11-12,14-15H,2,9H2,1H3/t11-,12-,14-,15+/m0/s1. The van der Waals surface area contributed by atoms with E-state index in [-0.39, 0.29) is 35.5 Å². The van der Waals surface area contributed by atoms with E-state index in [0.29, 0.717) is 17.9 Å². The molecule has 5 heteroatoms. The maximum absolute atomic E-state index is 12.7. The summed E-state index contributed by atoms with van der Waals surface area (Å²) in [6, 6.07) is 6.46. The van der Waals surface area contributed by atoms with E-state index in [1.165, 1.54) is 4.90 Å². The first-order chi connectivity index (χ1) is 11.1. The molecule has 1 saturated carbocycles.